The zero-order valence-corrected chi connectivity index (χ0v) is 13.1. The van der Waals surface area contributed by atoms with Gasteiger partial charge < -0.3 is 14.4 Å². The number of ether oxygens (including phenoxy) is 1. The number of aryl methyl sites for hydroxylation is 2. The fourth-order valence-corrected chi connectivity index (χ4v) is 2.69. The maximum atomic E-state index is 10.3. The summed E-state index contributed by atoms with van der Waals surface area (Å²) in [5.41, 5.74) is 3.03. The molecule has 0 radical (unpaired) electrons. The van der Waals surface area contributed by atoms with Crippen LogP contribution in [0.1, 0.15) is 24.1 Å². The molecule has 114 valence electrons. The number of benzene rings is 1. The molecule has 0 aliphatic rings. The normalized spacial score (nSPS) is 12.5. The SMILES string of the molecule is Cc1cccc(C)c1OCC(C)n1cc2ncccc2c1O. The van der Waals surface area contributed by atoms with Gasteiger partial charge in [-0.15, -0.1) is 0 Å². The Kier molecular flexibility index (Phi) is 3.75. The molecule has 0 aliphatic heterocycles. The Balaban J connectivity index is 1.82. The van der Waals surface area contributed by atoms with E-state index in [-0.39, 0.29) is 11.9 Å². The van der Waals surface area contributed by atoms with E-state index in [9.17, 15) is 5.11 Å². The van der Waals surface area contributed by atoms with Gasteiger partial charge in [0.2, 0.25) is 5.88 Å². The summed E-state index contributed by atoms with van der Waals surface area (Å²) in [5.74, 6) is 1.16. The molecule has 1 aromatic carbocycles. The highest BCUT2D eigenvalue weighted by atomic mass is 16.5. The van der Waals surface area contributed by atoms with E-state index >= 15 is 0 Å². The van der Waals surface area contributed by atoms with Crippen LogP contribution in [0.5, 0.6) is 11.6 Å². The number of nitrogens with zero attached hydrogens (tertiary/aromatic N) is 2. The first-order valence-electron chi connectivity index (χ1n) is 7.41. The van der Waals surface area contributed by atoms with Crippen molar-refractivity contribution in [3.8, 4) is 11.6 Å². The Bertz CT molecular complexity index is 788. The van der Waals surface area contributed by atoms with Gasteiger partial charge >= 0.3 is 0 Å². The van der Waals surface area contributed by atoms with E-state index in [1.54, 1.807) is 6.20 Å². The standard InChI is InChI=1S/C18H20N2O2/c1-12-6-4-7-13(2)17(12)22-11-14(3)20-10-16-15(18(20)21)8-5-9-19-16/h4-10,14,21H,11H2,1-3H3. The van der Waals surface area contributed by atoms with Crippen molar-refractivity contribution in [3.63, 3.8) is 0 Å². The van der Waals surface area contributed by atoms with Crippen molar-refractivity contribution in [3.05, 3.63) is 53.9 Å². The largest absolute Gasteiger partial charge is 0.494 e. The van der Waals surface area contributed by atoms with Crippen molar-refractivity contribution in [1.29, 1.82) is 0 Å². The summed E-state index contributed by atoms with van der Waals surface area (Å²) >= 11 is 0. The molecule has 1 atom stereocenters. The Hall–Kier alpha value is -2.49. The molecule has 2 aromatic heterocycles. The highest BCUT2D eigenvalue weighted by Gasteiger charge is 2.15. The van der Waals surface area contributed by atoms with Crippen LogP contribution in [0.3, 0.4) is 0 Å². The zero-order valence-electron chi connectivity index (χ0n) is 13.1. The number of aromatic nitrogens is 2. The average molecular weight is 296 g/mol. The molecule has 0 saturated carbocycles. The molecule has 4 nitrogen and oxygen atoms in total. The van der Waals surface area contributed by atoms with Crippen LogP contribution in [0.25, 0.3) is 10.9 Å². The maximum Gasteiger partial charge on any atom is 0.201 e. The number of hydrogen-bond acceptors (Lipinski definition) is 3. The number of fused-ring (bicyclic) bond motifs is 1. The van der Waals surface area contributed by atoms with E-state index in [0.29, 0.717) is 6.61 Å². The first kappa shape index (κ1) is 14.4. The van der Waals surface area contributed by atoms with Gasteiger partial charge in [0, 0.05) is 12.4 Å². The number of pyridine rings is 1. The molecule has 2 heterocycles. The second-order valence-corrected chi connectivity index (χ2v) is 5.68. The van der Waals surface area contributed by atoms with Gasteiger partial charge in [-0.25, -0.2) is 0 Å². The van der Waals surface area contributed by atoms with Crippen molar-refractivity contribution in [2.24, 2.45) is 0 Å². The molecule has 3 rings (SSSR count). The first-order valence-corrected chi connectivity index (χ1v) is 7.41. The van der Waals surface area contributed by atoms with E-state index in [2.05, 4.69) is 4.98 Å². The molecule has 1 N–H and O–H groups in total. The van der Waals surface area contributed by atoms with Gasteiger partial charge in [-0.1, -0.05) is 18.2 Å². The van der Waals surface area contributed by atoms with Crippen LogP contribution in [0.15, 0.2) is 42.7 Å². The van der Waals surface area contributed by atoms with E-state index in [1.165, 1.54) is 0 Å². The predicted octanol–water partition coefficient (Wildman–Crippen LogP) is 4.00. The molecular formula is C18H20N2O2. The third-order valence-corrected chi connectivity index (χ3v) is 3.94. The van der Waals surface area contributed by atoms with Crippen LogP contribution in [0.4, 0.5) is 0 Å². The molecule has 3 aromatic rings. The lowest BCUT2D eigenvalue weighted by atomic mass is 10.1. The number of para-hydroxylation sites is 1. The van der Waals surface area contributed by atoms with Crippen LogP contribution in [-0.2, 0) is 0 Å². The molecule has 1 unspecified atom stereocenters. The molecule has 0 fully saturated rings. The minimum absolute atomic E-state index is 0.00760. The molecule has 0 bridgehead atoms. The monoisotopic (exact) mass is 296 g/mol. The number of hydrogen-bond donors (Lipinski definition) is 1. The fraction of sp³-hybridized carbons (Fsp3) is 0.278. The number of aromatic hydroxyl groups is 1. The highest BCUT2D eigenvalue weighted by Crippen LogP contribution is 2.29. The quantitative estimate of drug-likeness (QED) is 0.791. The highest BCUT2D eigenvalue weighted by molar-refractivity contribution is 5.84. The minimum atomic E-state index is 0.00760. The van der Waals surface area contributed by atoms with Crippen molar-refractivity contribution < 1.29 is 9.84 Å². The van der Waals surface area contributed by atoms with E-state index in [0.717, 1.165) is 27.8 Å². The third-order valence-electron chi connectivity index (χ3n) is 3.94. The van der Waals surface area contributed by atoms with Gasteiger partial charge in [-0.3, -0.25) is 4.98 Å². The summed E-state index contributed by atoms with van der Waals surface area (Å²) in [6.45, 7) is 6.59. The van der Waals surface area contributed by atoms with Crippen molar-refractivity contribution >= 4 is 10.9 Å². The molecule has 0 aliphatic carbocycles. The smallest absolute Gasteiger partial charge is 0.201 e. The Labute approximate surface area is 130 Å². The topological polar surface area (TPSA) is 47.3 Å². The molecule has 0 spiro atoms. The maximum absolute atomic E-state index is 10.3. The molecular weight excluding hydrogens is 276 g/mol. The molecule has 0 saturated heterocycles. The molecule has 22 heavy (non-hydrogen) atoms. The summed E-state index contributed by atoms with van der Waals surface area (Å²) in [5, 5.41) is 11.1. The molecule has 4 heteroatoms. The lowest BCUT2D eigenvalue weighted by Gasteiger charge is -2.18. The second-order valence-electron chi connectivity index (χ2n) is 5.68. The van der Waals surface area contributed by atoms with E-state index in [1.807, 2.05) is 61.9 Å². The lowest BCUT2D eigenvalue weighted by Crippen LogP contribution is -2.14. The van der Waals surface area contributed by atoms with Gasteiger partial charge in [0.05, 0.1) is 16.9 Å². The van der Waals surface area contributed by atoms with Gasteiger partial charge in [0.15, 0.2) is 0 Å². The summed E-state index contributed by atoms with van der Waals surface area (Å²) < 4.78 is 7.79. The molecule has 0 amide bonds. The van der Waals surface area contributed by atoms with Gasteiger partial charge in [-0.2, -0.15) is 0 Å². The van der Waals surface area contributed by atoms with Crippen LogP contribution in [0.2, 0.25) is 0 Å². The predicted molar refractivity (Wildman–Crippen MR) is 87.5 cm³/mol. The summed E-state index contributed by atoms with van der Waals surface area (Å²) in [7, 11) is 0. The lowest BCUT2D eigenvalue weighted by molar-refractivity contribution is 0.247. The second kappa shape index (κ2) is 5.72. The third kappa shape index (κ3) is 2.52. The van der Waals surface area contributed by atoms with E-state index in [4.69, 9.17) is 4.74 Å². The minimum Gasteiger partial charge on any atom is -0.494 e. The average Bonchev–Trinajstić information content (AvgIpc) is 2.84. The van der Waals surface area contributed by atoms with E-state index < -0.39 is 0 Å². The Morgan fingerprint density at radius 2 is 1.91 bits per heavy atom. The van der Waals surface area contributed by atoms with Crippen molar-refractivity contribution in [1.82, 2.24) is 9.55 Å². The van der Waals surface area contributed by atoms with Gasteiger partial charge in [0.25, 0.3) is 0 Å². The van der Waals surface area contributed by atoms with Crippen LogP contribution in [0, 0.1) is 13.8 Å². The Morgan fingerprint density at radius 3 is 2.59 bits per heavy atom. The van der Waals surface area contributed by atoms with Crippen LogP contribution in [-0.4, -0.2) is 21.3 Å². The van der Waals surface area contributed by atoms with Gasteiger partial charge in [-0.05, 0) is 44.0 Å². The van der Waals surface area contributed by atoms with Gasteiger partial charge in [0.1, 0.15) is 12.4 Å². The van der Waals surface area contributed by atoms with Crippen molar-refractivity contribution in [2.75, 3.05) is 6.61 Å². The van der Waals surface area contributed by atoms with Crippen LogP contribution < -0.4 is 4.74 Å². The summed E-state index contributed by atoms with van der Waals surface area (Å²) in [4.78, 5) is 4.27. The zero-order chi connectivity index (χ0) is 15.7. The van der Waals surface area contributed by atoms with Crippen molar-refractivity contribution in [2.45, 2.75) is 26.8 Å². The Morgan fingerprint density at radius 1 is 1.18 bits per heavy atom. The summed E-state index contributed by atoms with van der Waals surface area (Å²) in [6.07, 6.45) is 3.59. The fourth-order valence-electron chi connectivity index (χ4n) is 2.69. The number of rotatable bonds is 4. The van der Waals surface area contributed by atoms with Crippen LogP contribution >= 0.6 is 0 Å². The first-order chi connectivity index (χ1) is 10.6. The summed E-state index contributed by atoms with van der Waals surface area (Å²) in [6, 6.07) is 9.80.